The number of hydrogen-bond donors (Lipinski definition) is 1. The molecular weight excluding hydrogens is 238 g/mol. The Labute approximate surface area is 113 Å². The van der Waals surface area contributed by atoms with Gasteiger partial charge in [0.05, 0.1) is 7.11 Å². The van der Waals surface area contributed by atoms with Crippen LogP contribution in [0, 0.1) is 6.92 Å². The lowest BCUT2D eigenvalue weighted by atomic mass is 10.1. The minimum Gasteiger partial charge on any atom is -0.497 e. The van der Waals surface area contributed by atoms with Gasteiger partial charge in [0.15, 0.2) is 0 Å². The summed E-state index contributed by atoms with van der Waals surface area (Å²) < 4.78 is 5.14. The van der Waals surface area contributed by atoms with Gasteiger partial charge < -0.3 is 10.5 Å². The van der Waals surface area contributed by atoms with Crippen molar-refractivity contribution in [3.8, 4) is 5.75 Å². The molecule has 1 heterocycles. The molecule has 100 valence electrons. The van der Waals surface area contributed by atoms with Crippen LogP contribution in [0.15, 0.2) is 24.3 Å². The van der Waals surface area contributed by atoms with Crippen molar-refractivity contribution >= 4 is 5.82 Å². The molecule has 0 spiro atoms. The monoisotopic (exact) mass is 257 g/mol. The number of aromatic nitrogens is 2. The lowest BCUT2D eigenvalue weighted by Gasteiger charge is -2.09. The summed E-state index contributed by atoms with van der Waals surface area (Å²) in [5.41, 5.74) is 9.11. The van der Waals surface area contributed by atoms with Crippen LogP contribution in [-0.4, -0.2) is 17.1 Å². The van der Waals surface area contributed by atoms with E-state index in [0.717, 1.165) is 34.8 Å². The van der Waals surface area contributed by atoms with E-state index in [1.807, 2.05) is 31.2 Å². The molecule has 0 bridgehead atoms. The van der Waals surface area contributed by atoms with Gasteiger partial charge in [0.25, 0.3) is 0 Å². The molecule has 2 N–H and O–H groups in total. The molecule has 19 heavy (non-hydrogen) atoms. The normalized spacial score (nSPS) is 10.5. The summed E-state index contributed by atoms with van der Waals surface area (Å²) in [7, 11) is 1.66. The topological polar surface area (TPSA) is 61.0 Å². The number of aryl methyl sites for hydroxylation is 1. The number of nitrogen functional groups attached to an aromatic ring is 1. The van der Waals surface area contributed by atoms with Crippen molar-refractivity contribution in [3.63, 3.8) is 0 Å². The third-order valence-corrected chi connectivity index (χ3v) is 3.17. The zero-order valence-electron chi connectivity index (χ0n) is 11.6. The molecule has 0 fully saturated rings. The lowest BCUT2D eigenvalue weighted by molar-refractivity contribution is 0.414. The summed E-state index contributed by atoms with van der Waals surface area (Å²) in [6, 6.07) is 7.90. The first kappa shape index (κ1) is 13.3. The highest BCUT2D eigenvalue weighted by atomic mass is 16.5. The van der Waals surface area contributed by atoms with Crippen molar-refractivity contribution < 1.29 is 4.74 Å². The molecule has 0 aliphatic heterocycles. The fraction of sp³-hybridized carbons (Fsp3) is 0.333. The quantitative estimate of drug-likeness (QED) is 0.914. The van der Waals surface area contributed by atoms with E-state index in [1.54, 1.807) is 7.11 Å². The summed E-state index contributed by atoms with van der Waals surface area (Å²) in [5.74, 6) is 2.21. The number of rotatable bonds is 4. The molecule has 1 aromatic heterocycles. The summed E-state index contributed by atoms with van der Waals surface area (Å²) >= 11 is 0. The van der Waals surface area contributed by atoms with E-state index >= 15 is 0 Å². The Morgan fingerprint density at radius 2 is 1.84 bits per heavy atom. The van der Waals surface area contributed by atoms with E-state index in [4.69, 9.17) is 10.5 Å². The Morgan fingerprint density at radius 3 is 2.37 bits per heavy atom. The fourth-order valence-electron chi connectivity index (χ4n) is 2.12. The van der Waals surface area contributed by atoms with Crippen LogP contribution < -0.4 is 10.5 Å². The number of nitrogens with two attached hydrogens (primary N) is 1. The molecule has 0 aliphatic rings. The zero-order valence-corrected chi connectivity index (χ0v) is 11.6. The van der Waals surface area contributed by atoms with Gasteiger partial charge in [0, 0.05) is 17.7 Å². The van der Waals surface area contributed by atoms with Crippen LogP contribution in [0.1, 0.15) is 29.6 Å². The van der Waals surface area contributed by atoms with E-state index in [9.17, 15) is 0 Å². The maximum atomic E-state index is 5.96. The molecular formula is C15H19N3O. The predicted molar refractivity (Wildman–Crippen MR) is 76.4 cm³/mol. The molecule has 2 aromatic rings. The molecule has 0 atom stereocenters. The molecule has 4 heteroatoms. The minimum absolute atomic E-state index is 0.596. The average Bonchev–Trinajstić information content (AvgIpc) is 2.39. The summed E-state index contributed by atoms with van der Waals surface area (Å²) in [5, 5.41) is 0. The van der Waals surface area contributed by atoms with Crippen LogP contribution in [0.5, 0.6) is 5.75 Å². The largest absolute Gasteiger partial charge is 0.497 e. The molecule has 4 nitrogen and oxygen atoms in total. The Bertz CT molecular complexity index is 541. The summed E-state index contributed by atoms with van der Waals surface area (Å²) in [6.07, 6.45) is 1.54. The van der Waals surface area contributed by atoms with Crippen molar-refractivity contribution in [2.24, 2.45) is 0 Å². The SMILES string of the molecule is CCc1c(C)nc(Cc2ccc(OC)cc2)nc1N. The minimum atomic E-state index is 0.596. The Morgan fingerprint density at radius 1 is 1.16 bits per heavy atom. The van der Waals surface area contributed by atoms with Crippen LogP contribution in [0.4, 0.5) is 5.82 Å². The number of methoxy groups -OCH3 is 1. The van der Waals surface area contributed by atoms with Crippen molar-refractivity contribution in [1.82, 2.24) is 9.97 Å². The van der Waals surface area contributed by atoms with E-state index in [0.29, 0.717) is 12.2 Å². The van der Waals surface area contributed by atoms with Crippen molar-refractivity contribution in [2.45, 2.75) is 26.7 Å². The van der Waals surface area contributed by atoms with E-state index in [1.165, 1.54) is 0 Å². The maximum absolute atomic E-state index is 5.96. The molecule has 0 saturated carbocycles. The number of benzene rings is 1. The molecule has 0 radical (unpaired) electrons. The highest BCUT2D eigenvalue weighted by Gasteiger charge is 2.08. The smallest absolute Gasteiger partial charge is 0.135 e. The van der Waals surface area contributed by atoms with Crippen LogP contribution in [-0.2, 0) is 12.8 Å². The first-order valence-corrected chi connectivity index (χ1v) is 6.38. The van der Waals surface area contributed by atoms with Gasteiger partial charge in [-0.1, -0.05) is 19.1 Å². The van der Waals surface area contributed by atoms with Crippen molar-refractivity contribution in [2.75, 3.05) is 12.8 Å². The molecule has 1 aromatic carbocycles. The van der Waals surface area contributed by atoms with Gasteiger partial charge in [-0.2, -0.15) is 0 Å². The second-order valence-electron chi connectivity index (χ2n) is 4.47. The third-order valence-electron chi connectivity index (χ3n) is 3.17. The first-order valence-electron chi connectivity index (χ1n) is 6.38. The first-order chi connectivity index (χ1) is 9.13. The summed E-state index contributed by atoms with van der Waals surface area (Å²) in [6.45, 7) is 4.04. The van der Waals surface area contributed by atoms with Gasteiger partial charge in [0.2, 0.25) is 0 Å². The summed E-state index contributed by atoms with van der Waals surface area (Å²) in [4.78, 5) is 8.90. The Balaban J connectivity index is 2.23. The van der Waals surface area contributed by atoms with Crippen molar-refractivity contribution in [3.05, 3.63) is 46.9 Å². The van der Waals surface area contributed by atoms with Gasteiger partial charge in [-0.05, 0) is 31.0 Å². The van der Waals surface area contributed by atoms with Gasteiger partial charge in [-0.15, -0.1) is 0 Å². The number of anilines is 1. The molecule has 0 unspecified atom stereocenters. The lowest BCUT2D eigenvalue weighted by Crippen LogP contribution is -2.07. The van der Waals surface area contributed by atoms with Gasteiger partial charge in [-0.25, -0.2) is 9.97 Å². The zero-order chi connectivity index (χ0) is 13.8. The van der Waals surface area contributed by atoms with Crippen LogP contribution >= 0.6 is 0 Å². The van der Waals surface area contributed by atoms with Gasteiger partial charge in [0.1, 0.15) is 17.4 Å². The number of nitrogens with zero attached hydrogens (tertiary/aromatic N) is 2. The number of hydrogen-bond acceptors (Lipinski definition) is 4. The highest BCUT2D eigenvalue weighted by Crippen LogP contribution is 2.17. The molecule has 0 amide bonds. The Hall–Kier alpha value is -2.10. The standard InChI is InChI=1S/C15H19N3O/c1-4-13-10(2)17-14(18-15(13)16)9-11-5-7-12(19-3)8-6-11/h5-8H,4,9H2,1-3H3,(H2,16,17,18). The highest BCUT2D eigenvalue weighted by molar-refractivity contribution is 5.42. The average molecular weight is 257 g/mol. The Kier molecular flexibility index (Phi) is 4.00. The van der Waals surface area contributed by atoms with Crippen molar-refractivity contribution in [1.29, 1.82) is 0 Å². The van der Waals surface area contributed by atoms with E-state index < -0.39 is 0 Å². The van der Waals surface area contributed by atoms with Crippen LogP contribution in [0.3, 0.4) is 0 Å². The third kappa shape index (κ3) is 3.02. The fourth-order valence-corrected chi connectivity index (χ4v) is 2.12. The number of ether oxygens (including phenoxy) is 1. The second kappa shape index (κ2) is 5.69. The molecule has 0 saturated heterocycles. The molecule has 0 aliphatic carbocycles. The van der Waals surface area contributed by atoms with E-state index in [-0.39, 0.29) is 0 Å². The molecule has 2 rings (SSSR count). The predicted octanol–water partition coefficient (Wildman–Crippen LogP) is 2.53. The maximum Gasteiger partial charge on any atom is 0.135 e. The van der Waals surface area contributed by atoms with Gasteiger partial charge in [-0.3, -0.25) is 0 Å². The van der Waals surface area contributed by atoms with E-state index in [2.05, 4.69) is 16.9 Å². The van der Waals surface area contributed by atoms with Gasteiger partial charge >= 0.3 is 0 Å². The van der Waals surface area contributed by atoms with Crippen LogP contribution in [0.25, 0.3) is 0 Å². The van der Waals surface area contributed by atoms with Crippen LogP contribution in [0.2, 0.25) is 0 Å². The second-order valence-corrected chi connectivity index (χ2v) is 4.47.